The Morgan fingerprint density at radius 1 is 1.44 bits per heavy atom. The normalized spacial score (nSPS) is 10.3. The van der Waals surface area contributed by atoms with Crippen molar-refractivity contribution in [2.45, 2.75) is 20.0 Å². The lowest BCUT2D eigenvalue weighted by Crippen LogP contribution is -2.24. The van der Waals surface area contributed by atoms with Gasteiger partial charge < -0.3 is 5.32 Å². The third kappa shape index (κ3) is 2.74. The van der Waals surface area contributed by atoms with Crippen LogP contribution in [0.25, 0.3) is 0 Å². The fraction of sp³-hybridized carbons (Fsp3) is 0.231. The zero-order valence-corrected chi connectivity index (χ0v) is 10.1. The minimum Gasteiger partial charge on any atom is -0.346 e. The number of aryl methyl sites for hydroxylation is 1. The summed E-state index contributed by atoms with van der Waals surface area (Å²) in [6, 6.07) is 7.46. The first kappa shape index (κ1) is 12.3. The summed E-state index contributed by atoms with van der Waals surface area (Å²) in [6.45, 7) is 3.10. The molecule has 0 unspecified atom stereocenters. The fourth-order valence-corrected chi connectivity index (χ4v) is 1.70. The van der Waals surface area contributed by atoms with Crippen molar-refractivity contribution in [3.63, 3.8) is 0 Å². The number of carbonyl (C=O) groups excluding carboxylic acids is 1. The molecule has 0 saturated carbocycles. The molecule has 1 amide bonds. The van der Waals surface area contributed by atoms with E-state index in [0.29, 0.717) is 12.1 Å². The van der Waals surface area contributed by atoms with Crippen molar-refractivity contribution in [3.05, 3.63) is 53.6 Å². The summed E-state index contributed by atoms with van der Waals surface area (Å²) in [4.78, 5) is 11.8. The monoisotopic (exact) mass is 247 g/mol. The number of benzene rings is 1. The van der Waals surface area contributed by atoms with Crippen molar-refractivity contribution in [1.82, 2.24) is 15.1 Å². The molecule has 18 heavy (non-hydrogen) atoms. The van der Waals surface area contributed by atoms with Crippen molar-refractivity contribution in [1.29, 1.82) is 0 Å². The van der Waals surface area contributed by atoms with Crippen LogP contribution in [0.3, 0.4) is 0 Å². The van der Waals surface area contributed by atoms with E-state index < -0.39 is 5.82 Å². The summed E-state index contributed by atoms with van der Waals surface area (Å²) in [5, 5.41) is 6.84. The average molecular weight is 247 g/mol. The van der Waals surface area contributed by atoms with Crippen LogP contribution in [0.2, 0.25) is 0 Å². The van der Waals surface area contributed by atoms with Crippen molar-refractivity contribution >= 4 is 5.91 Å². The van der Waals surface area contributed by atoms with E-state index in [1.165, 1.54) is 18.2 Å². The van der Waals surface area contributed by atoms with Crippen LogP contribution in [0, 0.1) is 5.82 Å². The summed E-state index contributed by atoms with van der Waals surface area (Å²) in [5.74, 6) is -0.709. The third-order valence-electron chi connectivity index (χ3n) is 2.62. The van der Waals surface area contributed by atoms with Crippen LogP contribution in [0.1, 0.15) is 23.0 Å². The van der Waals surface area contributed by atoms with Gasteiger partial charge in [0.15, 0.2) is 0 Å². The van der Waals surface area contributed by atoms with Crippen LogP contribution in [0.15, 0.2) is 36.5 Å². The van der Waals surface area contributed by atoms with Gasteiger partial charge in [-0.3, -0.25) is 9.48 Å². The predicted octanol–water partition coefficient (Wildman–Crippen LogP) is 1.97. The van der Waals surface area contributed by atoms with Gasteiger partial charge in [0, 0.05) is 18.3 Å². The summed E-state index contributed by atoms with van der Waals surface area (Å²) in [5.41, 5.74) is 1.24. The first-order chi connectivity index (χ1) is 8.70. The zero-order valence-electron chi connectivity index (χ0n) is 10.1. The maximum absolute atomic E-state index is 13.0. The molecule has 5 heteroatoms. The van der Waals surface area contributed by atoms with Gasteiger partial charge in [-0.25, -0.2) is 4.39 Å². The van der Waals surface area contributed by atoms with E-state index in [2.05, 4.69) is 10.4 Å². The maximum atomic E-state index is 13.0. The van der Waals surface area contributed by atoms with E-state index in [1.54, 1.807) is 16.9 Å². The second-order valence-electron chi connectivity index (χ2n) is 3.83. The van der Waals surface area contributed by atoms with Crippen LogP contribution >= 0.6 is 0 Å². The Balaban J connectivity index is 2.00. The van der Waals surface area contributed by atoms with Crippen molar-refractivity contribution < 1.29 is 9.18 Å². The minimum atomic E-state index is -0.416. The number of aromatic nitrogens is 2. The van der Waals surface area contributed by atoms with Gasteiger partial charge in [0.25, 0.3) is 5.91 Å². The van der Waals surface area contributed by atoms with Crippen LogP contribution in [0.4, 0.5) is 4.39 Å². The molecule has 1 aromatic heterocycles. The van der Waals surface area contributed by atoms with E-state index in [1.807, 2.05) is 13.0 Å². The number of halogens is 1. The standard InChI is InChI=1S/C13H14FN3O/c1-2-17-12(6-7-16-17)9-15-13(18)10-4-3-5-11(14)8-10/h3-8H,2,9H2,1H3,(H,15,18). The van der Waals surface area contributed by atoms with E-state index in [-0.39, 0.29) is 5.91 Å². The number of nitrogens with one attached hydrogen (secondary N) is 1. The van der Waals surface area contributed by atoms with Gasteiger partial charge in [-0.1, -0.05) is 6.07 Å². The molecule has 0 aliphatic carbocycles. The minimum absolute atomic E-state index is 0.293. The molecule has 0 atom stereocenters. The molecular formula is C13H14FN3O. The first-order valence-corrected chi connectivity index (χ1v) is 5.75. The molecule has 0 spiro atoms. The van der Waals surface area contributed by atoms with Gasteiger partial charge in [0.2, 0.25) is 0 Å². The second-order valence-corrected chi connectivity index (χ2v) is 3.83. The second kappa shape index (κ2) is 5.44. The van der Waals surface area contributed by atoms with Gasteiger partial charge in [0.05, 0.1) is 12.2 Å². The Hall–Kier alpha value is -2.17. The first-order valence-electron chi connectivity index (χ1n) is 5.75. The summed E-state index contributed by atoms with van der Waals surface area (Å²) in [6.07, 6.45) is 1.69. The van der Waals surface area contributed by atoms with E-state index in [9.17, 15) is 9.18 Å². The molecule has 0 saturated heterocycles. The van der Waals surface area contributed by atoms with E-state index in [0.717, 1.165) is 12.2 Å². The fourth-order valence-electron chi connectivity index (χ4n) is 1.70. The van der Waals surface area contributed by atoms with Crippen LogP contribution in [-0.4, -0.2) is 15.7 Å². The highest BCUT2D eigenvalue weighted by Gasteiger charge is 2.07. The molecule has 1 aromatic carbocycles. The van der Waals surface area contributed by atoms with Gasteiger partial charge in [-0.05, 0) is 31.2 Å². The molecule has 1 heterocycles. The lowest BCUT2D eigenvalue weighted by atomic mass is 10.2. The quantitative estimate of drug-likeness (QED) is 0.897. The molecule has 0 bridgehead atoms. The molecule has 0 aliphatic rings. The molecule has 94 valence electrons. The Labute approximate surface area is 104 Å². The Morgan fingerprint density at radius 3 is 3.00 bits per heavy atom. The van der Waals surface area contributed by atoms with Gasteiger partial charge >= 0.3 is 0 Å². The lowest BCUT2D eigenvalue weighted by Gasteiger charge is -2.07. The molecule has 0 fully saturated rings. The highest BCUT2D eigenvalue weighted by Crippen LogP contribution is 2.04. The Morgan fingerprint density at radius 2 is 2.28 bits per heavy atom. The summed E-state index contributed by atoms with van der Waals surface area (Å²) < 4.78 is 14.8. The smallest absolute Gasteiger partial charge is 0.251 e. The topological polar surface area (TPSA) is 46.9 Å². The van der Waals surface area contributed by atoms with Crippen LogP contribution in [0.5, 0.6) is 0 Å². The van der Waals surface area contributed by atoms with Crippen LogP contribution < -0.4 is 5.32 Å². The molecule has 2 rings (SSSR count). The Kier molecular flexibility index (Phi) is 3.72. The SMILES string of the molecule is CCn1nccc1CNC(=O)c1cccc(F)c1. The van der Waals surface area contributed by atoms with E-state index >= 15 is 0 Å². The highest BCUT2D eigenvalue weighted by atomic mass is 19.1. The number of carbonyl (C=O) groups is 1. The summed E-state index contributed by atoms with van der Waals surface area (Å²) >= 11 is 0. The average Bonchev–Trinajstić information content (AvgIpc) is 2.83. The molecule has 1 N–H and O–H groups in total. The van der Waals surface area contributed by atoms with Crippen molar-refractivity contribution in [3.8, 4) is 0 Å². The zero-order chi connectivity index (χ0) is 13.0. The number of hydrogen-bond acceptors (Lipinski definition) is 2. The third-order valence-corrected chi connectivity index (χ3v) is 2.62. The molecular weight excluding hydrogens is 233 g/mol. The lowest BCUT2D eigenvalue weighted by molar-refractivity contribution is 0.0949. The summed E-state index contributed by atoms with van der Waals surface area (Å²) in [7, 11) is 0. The highest BCUT2D eigenvalue weighted by molar-refractivity contribution is 5.94. The molecule has 2 aromatic rings. The molecule has 4 nitrogen and oxygen atoms in total. The number of amides is 1. The molecule has 0 aliphatic heterocycles. The van der Waals surface area contributed by atoms with Gasteiger partial charge in [-0.15, -0.1) is 0 Å². The van der Waals surface area contributed by atoms with Crippen LogP contribution in [-0.2, 0) is 13.1 Å². The Bertz CT molecular complexity index is 551. The van der Waals surface area contributed by atoms with Gasteiger partial charge in [0.1, 0.15) is 5.82 Å². The number of nitrogens with zero attached hydrogens (tertiary/aromatic N) is 2. The number of hydrogen-bond donors (Lipinski definition) is 1. The molecule has 0 radical (unpaired) electrons. The van der Waals surface area contributed by atoms with Gasteiger partial charge in [-0.2, -0.15) is 5.10 Å². The van der Waals surface area contributed by atoms with Crippen molar-refractivity contribution in [2.75, 3.05) is 0 Å². The maximum Gasteiger partial charge on any atom is 0.251 e. The number of rotatable bonds is 4. The predicted molar refractivity (Wildman–Crippen MR) is 65.5 cm³/mol. The van der Waals surface area contributed by atoms with E-state index in [4.69, 9.17) is 0 Å². The van der Waals surface area contributed by atoms with Crippen molar-refractivity contribution in [2.24, 2.45) is 0 Å². The largest absolute Gasteiger partial charge is 0.346 e.